The van der Waals surface area contributed by atoms with Crippen molar-refractivity contribution in [1.29, 1.82) is 5.26 Å². The third-order valence-electron chi connectivity index (χ3n) is 4.80. The molecule has 7 nitrogen and oxygen atoms in total. The van der Waals surface area contributed by atoms with Crippen molar-refractivity contribution >= 4 is 17.7 Å². The minimum Gasteiger partial charge on any atom is -0.452 e. The first-order chi connectivity index (χ1) is 14.5. The average Bonchev–Trinajstić information content (AvgIpc) is 3.01. The molecular weight excluding hydrogens is 382 g/mol. The number of esters is 1. The first-order valence-corrected chi connectivity index (χ1v) is 9.30. The molecule has 0 unspecified atom stereocenters. The lowest BCUT2D eigenvalue weighted by atomic mass is 10.1. The summed E-state index contributed by atoms with van der Waals surface area (Å²) in [7, 11) is 0. The maximum absolute atomic E-state index is 12.5. The molecule has 0 aliphatic rings. The molecule has 0 aliphatic heterocycles. The second-order valence-corrected chi connectivity index (χ2v) is 6.70. The number of aliphatic hydroxyl groups is 1. The fraction of sp³-hybridized carbons (Fsp3) is 0.174. The molecule has 0 spiro atoms. The van der Waals surface area contributed by atoms with E-state index in [1.807, 2.05) is 44.2 Å². The normalized spacial score (nSPS) is 10.3. The second kappa shape index (κ2) is 9.07. The Hall–Kier alpha value is -3.89. The van der Waals surface area contributed by atoms with Gasteiger partial charge in [0.2, 0.25) is 0 Å². The predicted molar refractivity (Wildman–Crippen MR) is 111 cm³/mol. The third-order valence-corrected chi connectivity index (χ3v) is 4.80. The highest BCUT2D eigenvalue weighted by molar-refractivity contribution is 5.96. The number of aromatic nitrogens is 1. The second-order valence-electron chi connectivity index (χ2n) is 6.70. The number of rotatable bonds is 6. The number of nitrogens with zero attached hydrogens (tertiary/aromatic N) is 2. The van der Waals surface area contributed by atoms with E-state index in [4.69, 9.17) is 9.84 Å². The van der Waals surface area contributed by atoms with Gasteiger partial charge in [0.15, 0.2) is 6.61 Å². The highest BCUT2D eigenvalue weighted by Crippen LogP contribution is 2.29. The summed E-state index contributed by atoms with van der Waals surface area (Å²) >= 11 is 0. The molecular formula is C23H21N3O4. The minimum atomic E-state index is -0.652. The van der Waals surface area contributed by atoms with Crippen LogP contribution in [0.1, 0.15) is 32.7 Å². The van der Waals surface area contributed by atoms with Crippen molar-refractivity contribution in [1.82, 2.24) is 4.57 Å². The van der Waals surface area contributed by atoms with Crippen LogP contribution in [0.4, 0.5) is 5.82 Å². The number of para-hydroxylation sites is 1. The molecule has 2 N–H and O–H groups in total. The molecule has 0 fully saturated rings. The lowest BCUT2D eigenvalue weighted by molar-refractivity contribution is -0.119. The molecule has 0 atom stereocenters. The minimum absolute atomic E-state index is 0.126. The molecule has 0 aliphatic carbocycles. The molecule has 1 heterocycles. The fourth-order valence-corrected chi connectivity index (χ4v) is 3.09. The van der Waals surface area contributed by atoms with Gasteiger partial charge in [-0.25, -0.2) is 4.79 Å². The van der Waals surface area contributed by atoms with E-state index in [1.54, 1.807) is 16.7 Å². The number of anilines is 1. The Kier molecular flexibility index (Phi) is 6.30. The quantitative estimate of drug-likeness (QED) is 0.615. The molecule has 3 aromatic rings. The number of hydrogen-bond acceptors (Lipinski definition) is 5. The van der Waals surface area contributed by atoms with Gasteiger partial charge in [-0.05, 0) is 49.2 Å². The van der Waals surface area contributed by atoms with Gasteiger partial charge in [-0.15, -0.1) is 0 Å². The summed E-state index contributed by atoms with van der Waals surface area (Å²) in [5.41, 5.74) is 3.69. The van der Waals surface area contributed by atoms with Crippen molar-refractivity contribution in [2.75, 3.05) is 11.9 Å². The zero-order valence-corrected chi connectivity index (χ0v) is 16.7. The monoisotopic (exact) mass is 403 g/mol. The van der Waals surface area contributed by atoms with Crippen LogP contribution in [0.15, 0.2) is 54.6 Å². The maximum atomic E-state index is 12.5. The molecule has 1 amide bonds. The van der Waals surface area contributed by atoms with Gasteiger partial charge < -0.3 is 15.2 Å². The number of carbonyl (C=O) groups is 2. The molecule has 152 valence electrons. The van der Waals surface area contributed by atoms with Crippen molar-refractivity contribution in [3.05, 3.63) is 82.5 Å². The van der Waals surface area contributed by atoms with E-state index in [1.165, 1.54) is 12.1 Å². The van der Waals surface area contributed by atoms with E-state index in [2.05, 4.69) is 11.4 Å². The standard InChI is InChI=1S/C23H21N3O4/c1-15-16(2)26(19-6-4-3-5-7-19)22(20(15)12-24)25-21(28)14-30-23(29)18-10-8-17(13-27)9-11-18/h3-11,27H,13-14H2,1-2H3,(H,25,28). The number of nitriles is 1. The Balaban J connectivity index is 1.77. The van der Waals surface area contributed by atoms with Crippen LogP contribution in [-0.4, -0.2) is 28.2 Å². The number of ether oxygens (including phenoxy) is 1. The Morgan fingerprint density at radius 1 is 1.10 bits per heavy atom. The Labute approximate surface area is 174 Å². The highest BCUT2D eigenvalue weighted by atomic mass is 16.5. The summed E-state index contributed by atoms with van der Waals surface area (Å²) in [6, 6.07) is 17.8. The molecule has 2 aromatic carbocycles. The molecule has 7 heteroatoms. The lowest BCUT2D eigenvalue weighted by Crippen LogP contribution is -2.23. The topological polar surface area (TPSA) is 104 Å². The zero-order chi connectivity index (χ0) is 21.7. The molecule has 0 saturated carbocycles. The Bertz CT molecular complexity index is 1110. The summed E-state index contributed by atoms with van der Waals surface area (Å²) in [6.07, 6.45) is 0. The number of aliphatic hydroxyl groups excluding tert-OH is 1. The SMILES string of the molecule is Cc1c(C#N)c(NC(=O)COC(=O)c2ccc(CO)cc2)n(-c2ccccc2)c1C. The van der Waals surface area contributed by atoms with E-state index in [0.717, 1.165) is 16.9 Å². The van der Waals surface area contributed by atoms with Crippen LogP contribution in [0.2, 0.25) is 0 Å². The Morgan fingerprint density at radius 3 is 2.37 bits per heavy atom. The smallest absolute Gasteiger partial charge is 0.338 e. The summed E-state index contributed by atoms with van der Waals surface area (Å²) in [4.78, 5) is 24.6. The number of amides is 1. The van der Waals surface area contributed by atoms with Crippen LogP contribution >= 0.6 is 0 Å². The van der Waals surface area contributed by atoms with Crippen molar-refractivity contribution < 1.29 is 19.4 Å². The molecule has 30 heavy (non-hydrogen) atoms. The van der Waals surface area contributed by atoms with Crippen molar-refractivity contribution in [3.8, 4) is 11.8 Å². The average molecular weight is 403 g/mol. The van der Waals surface area contributed by atoms with Crippen LogP contribution < -0.4 is 5.32 Å². The van der Waals surface area contributed by atoms with Crippen LogP contribution in [0.5, 0.6) is 0 Å². The largest absolute Gasteiger partial charge is 0.452 e. The molecule has 0 radical (unpaired) electrons. The van der Waals surface area contributed by atoms with Gasteiger partial charge in [0.05, 0.1) is 17.7 Å². The number of benzene rings is 2. The van der Waals surface area contributed by atoms with E-state index in [-0.39, 0.29) is 12.2 Å². The predicted octanol–water partition coefficient (Wildman–Crippen LogP) is 3.25. The number of nitrogens with one attached hydrogen (secondary N) is 1. The number of hydrogen-bond donors (Lipinski definition) is 2. The van der Waals surface area contributed by atoms with E-state index >= 15 is 0 Å². The van der Waals surface area contributed by atoms with Crippen molar-refractivity contribution in [2.24, 2.45) is 0 Å². The summed E-state index contributed by atoms with van der Waals surface area (Å²) in [5.74, 6) is -0.866. The van der Waals surface area contributed by atoms with E-state index < -0.39 is 18.5 Å². The fourth-order valence-electron chi connectivity index (χ4n) is 3.09. The maximum Gasteiger partial charge on any atom is 0.338 e. The van der Waals surface area contributed by atoms with E-state index in [9.17, 15) is 14.9 Å². The van der Waals surface area contributed by atoms with Gasteiger partial charge in [-0.3, -0.25) is 9.36 Å². The summed E-state index contributed by atoms with van der Waals surface area (Å²) in [5, 5.41) is 21.4. The van der Waals surface area contributed by atoms with Gasteiger partial charge >= 0.3 is 5.97 Å². The first-order valence-electron chi connectivity index (χ1n) is 9.30. The first kappa shape index (κ1) is 20.8. The summed E-state index contributed by atoms with van der Waals surface area (Å²) < 4.78 is 6.88. The van der Waals surface area contributed by atoms with Crippen molar-refractivity contribution in [2.45, 2.75) is 20.5 Å². The molecule has 0 saturated heterocycles. The molecule has 0 bridgehead atoms. The van der Waals surface area contributed by atoms with Crippen molar-refractivity contribution in [3.63, 3.8) is 0 Å². The van der Waals surface area contributed by atoms with Gasteiger partial charge in [-0.2, -0.15) is 5.26 Å². The molecule has 1 aromatic heterocycles. The van der Waals surface area contributed by atoms with Gasteiger partial charge in [-0.1, -0.05) is 30.3 Å². The number of carbonyl (C=O) groups excluding carboxylic acids is 2. The van der Waals surface area contributed by atoms with Gasteiger partial charge in [0.1, 0.15) is 11.9 Å². The lowest BCUT2D eigenvalue weighted by Gasteiger charge is -2.13. The van der Waals surface area contributed by atoms with Crippen LogP contribution in [-0.2, 0) is 16.1 Å². The molecule has 3 rings (SSSR count). The van der Waals surface area contributed by atoms with E-state index in [0.29, 0.717) is 16.9 Å². The third kappa shape index (κ3) is 4.24. The highest BCUT2D eigenvalue weighted by Gasteiger charge is 2.21. The Morgan fingerprint density at radius 2 is 1.77 bits per heavy atom. The van der Waals surface area contributed by atoms with Crippen LogP contribution in [0.25, 0.3) is 5.69 Å². The van der Waals surface area contributed by atoms with Gasteiger partial charge in [0, 0.05) is 11.4 Å². The van der Waals surface area contributed by atoms with Gasteiger partial charge in [0.25, 0.3) is 5.91 Å². The zero-order valence-electron chi connectivity index (χ0n) is 16.7. The summed E-state index contributed by atoms with van der Waals surface area (Å²) in [6.45, 7) is 3.07. The van der Waals surface area contributed by atoms with Crippen LogP contribution in [0, 0.1) is 25.2 Å². The van der Waals surface area contributed by atoms with Crippen LogP contribution in [0.3, 0.4) is 0 Å².